The smallest absolute Gasteiger partial charge is 0.310 e. The van der Waals surface area contributed by atoms with Gasteiger partial charge in [-0.25, -0.2) is 0 Å². The van der Waals surface area contributed by atoms with Gasteiger partial charge in [0, 0.05) is 4.90 Å². The third-order valence-electron chi connectivity index (χ3n) is 2.10. The number of carbonyl (C=O) groups excluding carboxylic acids is 1. The van der Waals surface area contributed by atoms with Crippen LogP contribution in [0.4, 0.5) is 0 Å². The number of hydrogen-bond acceptors (Lipinski definition) is 4. The molecule has 0 N–H and O–H groups in total. The highest BCUT2D eigenvalue weighted by Gasteiger charge is 2.11. The summed E-state index contributed by atoms with van der Waals surface area (Å²) in [5.41, 5.74) is 2.09. The lowest BCUT2D eigenvalue weighted by atomic mass is 10.0. The highest BCUT2D eigenvalue weighted by atomic mass is 32.1. The second kappa shape index (κ2) is 5.57. The average molecular weight is 235 g/mol. The molecule has 0 fully saturated rings. The van der Waals surface area contributed by atoms with Gasteiger partial charge in [0.2, 0.25) is 0 Å². The molecule has 0 aliphatic rings. The van der Waals surface area contributed by atoms with Gasteiger partial charge in [-0.3, -0.25) is 4.79 Å². The van der Waals surface area contributed by atoms with Crippen LogP contribution in [0.25, 0.3) is 0 Å². The summed E-state index contributed by atoms with van der Waals surface area (Å²) in [7, 11) is 0. The van der Waals surface area contributed by atoms with E-state index in [2.05, 4.69) is 18.7 Å². The lowest BCUT2D eigenvalue weighted by Gasteiger charge is -2.07. The Morgan fingerprint density at radius 3 is 2.81 bits per heavy atom. The molecule has 0 atom stereocenters. The van der Waals surface area contributed by atoms with Gasteiger partial charge in [0.25, 0.3) is 0 Å². The van der Waals surface area contributed by atoms with E-state index in [-0.39, 0.29) is 12.4 Å². The minimum absolute atomic E-state index is 0.117. The number of thiol groups is 1. The molecule has 4 heteroatoms. The summed E-state index contributed by atoms with van der Waals surface area (Å²) in [6.45, 7) is 4.00. The first-order chi connectivity index (χ1) is 7.58. The van der Waals surface area contributed by atoms with Crippen LogP contribution in [0.2, 0.25) is 0 Å². The monoisotopic (exact) mass is 235 g/mol. The van der Waals surface area contributed by atoms with E-state index < -0.39 is 0 Å². The van der Waals surface area contributed by atoms with Crippen LogP contribution in [0.5, 0.6) is 0 Å². The standard InChI is InChI=1S/C12H13NO2S/c1-3-15-12(14)6-9-4-8(2)5-11(16)10(9)7-13/h4-5,16H,3,6H2,1-2H3. The summed E-state index contributed by atoms with van der Waals surface area (Å²) in [6.07, 6.45) is 0.117. The molecule has 0 unspecified atom stereocenters. The number of benzene rings is 1. The first-order valence-corrected chi connectivity index (χ1v) is 5.41. The number of ether oxygens (including phenoxy) is 1. The maximum Gasteiger partial charge on any atom is 0.310 e. The van der Waals surface area contributed by atoms with Crippen LogP contribution in [-0.2, 0) is 16.0 Å². The van der Waals surface area contributed by atoms with Gasteiger partial charge in [0.05, 0.1) is 18.6 Å². The Morgan fingerprint density at radius 1 is 1.56 bits per heavy atom. The Hall–Kier alpha value is -1.47. The number of carbonyl (C=O) groups is 1. The topological polar surface area (TPSA) is 50.1 Å². The lowest BCUT2D eigenvalue weighted by Crippen LogP contribution is -2.09. The molecule has 0 aliphatic carbocycles. The van der Waals surface area contributed by atoms with Crippen LogP contribution in [0.3, 0.4) is 0 Å². The Kier molecular flexibility index (Phi) is 4.39. The fourth-order valence-corrected chi connectivity index (χ4v) is 1.87. The van der Waals surface area contributed by atoms with Crippen LogP contribution >= 0.6 is 12.6 Å². The van der Waals surface area contributed by atoms with E-state index in [9.17, 15) is 4.79 Å². The molecule has 0 saturated heterocycles. The maximum atomic E-state index is 11.3. The molecule has 1 aromatic carbocycles. The molecule has 16 heavy (non-hydrogen) atoms. The number of hydrogen-bond donors (Lipinski definition) is 1. The van der Waals surface area contributed by atoms with Gasteiger partial charge < -0.3 is 4.74 Å². The van der Waals surface area contributed by atoms with Crippen molar-refractivity contribution in [1.82, 2.24) is 0 Å². The summed E-state index contributed by atoms with van der Waals surface area (Å²) in [4.78, 5) is 11.9. The van der Waals surface area contributed by atoms with Gasteiger partial charge >= 0.3 is 5.97 Å². The summed E-state index contributed by atoms with van der Waals surface area (Å²) >= 11 is 4.22. The van der Waals surface area contributed by atoms with E-state index in [1.165, 1.54) is 0 Å². The second-order valence-electron chi connectivity index (χ2n) is 3.41. The minimum atomic E-state index is -0.322. The van der Waals surface area contributed by atoms with Crippen LogP contribution in [0, 0.1) is 18.3 Å². The van der Waals surface area contributed by atoms with Crippen molar-refractivity contribution >= 4 is 18.6 Å². The van der Waals surface area contributed by atoms with Crippen molar-refractivity contribution < 1.29 is 9.53 Å². The van der Waals surface area contributed by atoms with E-state index in [1.807, 2.05) is 13.0 Å². The van der Waals surface area contributed by atoms with Crippen LogP contribution < -0.4 is 0 Å². The van der Waals surface area contributed by atoms with Gasteiger partial charge in [-0.2, -0.15) is 5.26 Å². The van der Waals surface area contributed by atoms with E-state index in [1.54, 1.807) is 13.0 Å². The highest BCUT2D eigenvalue weighted by Crippen LogP contribution is 2.20. The molecule has 0 heterocycles. The molecule has 84 valence electrons. The van der Waals surface area contributed by atoms with E-state index in [0.29, 0.717) is 22.6 Å². The zero-order chi connectivity index (χ0) is 12.1. The SMILES string of the molecule is CCOC(=O)Cc1cc(C)cc(S)c1C#N. The molecule has 0 aromatic heterocycles. The minimum Gasteiger partial charge on any atom is -0.466 e. The molecule has 0 radical (unpaired) electrons. The molecular formula is C12H13NO2S. The van der Waals surface area contributed by atoms with Crippen molar-refractivity contribution in [2.24, 2.45) is 0 Å². The molecular weight excluding hydrogens is 222 g/mol. The third-order valence-corrected chi connectivity index (χ3v) is 2.45. The van der Waals surface area contributed by atoms with Gasteiger partial charge in [0.1, 0.15) is 6.07 Å². The Labute approximate surface area is 100 Å². The average Bonchev–Trinajstić information content (AvgIpc) is 2.17. The summed E-state index contributed by atoms with van der Waals surface area (Å²) in [5, 5.41) is 8.98. The maximum absolute atomic E-state index is 11.3. The lowest BCUT2D eigenvalue weighted by molar-refractivity contribution is -0.142. The van der Waals surface area contributed by atoms with E-state index >= 15 is 0 Å². The molecule has 1 rings (SSSR count). The molecule has 0 spiro atoms. The Bertz CT molecular complexity index is 449. The third kappa shape index (κ3) is 3.01. The Balaban J connectivity index is 3.04. The first kappa shape index (κ1) is 12.6. The number of rotatable bonds is 3. The van der Waals surface area contributed by atoms with Gasteiger partial charge in [-0.15, -0.1) is 12.6 Å². The molecule has 0 bridgehead atoms. The van der Waals surface area contributed by atoms with Crippen LogP contribution in [0.1, 0.15) is 23.6 Å². The van der Waals surface area contributed by atoms with Crippen molar-refractivity contribution in [3.05, 3.63) is 28.8 Å². The first-order valence-electron chi connectivity index (χ1n) is 4.96. The quantitative estimate of drug-likeness (QED) is 0.646. The molecule has 0 saturated carbocycles. The number of nitriles is 1. The zero-order valence-electron chi connectivity index (χ0n) is 9.28. The van der Waals surface area contributed by atoms with E-state index in [4.69, 9.17) is 10.00 Å². The van der Waals surface area contributed by atoms with Gasteiger partial charge in [-0.1, -0.05) is 6.07 Å². The molecule has 0 amide bonds. The number of nitrogens with zero attached hydrogens (tertiary/aromatic N) is 1. The molecule has 3 nitrogen and oxygen atoms in total. The normalized spacial score (nSPS) is 9.62. The fraction of sp³-hybridized carbons (Fsp3) is 0.333. The highest BCUT2D eigenvalue weighted by molar-refractivity contribution is 7.80. The Morgan fingerprint density at radius 2 is 2.25 bits per heavy atom. The van der Waals surface area contributed by atoms with Crippen molar-refractivity contribution in [2.75, 3.05) is 6.61 Å². The van der Waals surface area contributed by atoms with Crippen molar-refractivity contribution in [3.63, 3.8) is 0 Å². The van der Waals surface area contributed by atoms with Crippen molar-refractivity contribution in [1.29, 1.82) is 5.26 Å². The predicted molar refractivity (Wildman–Crippen MR) is 63.5 cm³/mol. The molecule has 1 aromatic rings. The summed E-state index contributed by atoms with van der Waals surface area (Å²) in [5.74, 6) is -0.322. The number of esters is 1. The summed E-state index contributed by atoms with van der Waals surface area (Å²) in [6, 6.07) is 5.67. The summed E-state index contributed by atoms with van der Waals surface area (Å²) < 4.78 is 4.85. The number of aryl methyl sites for hydroxylation is 1. The predicted octanol–water partition coefficient (Wildman–Crippen LogP) is 2.26. The zero-order valence-corrected chi connectivity index (χ0v) is 10.2. The second-order valence-corrected chi connectivity index (χ2v) is 3.89. The van der Waals surface area contributed by atoms with E-state index in [0.717, 1.165) is 5.56 Å². The van der Waals surface area contributed by atoms with Crippen LogP contribution in [-0.4, -0.2) is 12.6 Å². The fourth-order valence-electron chi connectivity index (χ4n) is 1.48. The van der Waals surface area contributed by atoms with Crippen molar-refractivity contribution in [3.8, 4) is 6.07 Å². The van der Waals surface area contributed by atoms with Gasteiger partial charge in [-0.05, 0) is 31.0 Å². The van der Waals surface area contributed by atoms with Crippen molar-refractivity contribution in [2.45, 2.75) is 25.2 Å². The largest absolute Gasteiger partial charge is 0.466 e. The van der Waals surface area contributed by atoms with Crippen LogP contribution in [0.15, 0.2) is 17.0 Å². The van der Waals surface area contributed by atoms with Gasteiger partial charge in [0.15, 0.2) is 0 Å². The molecule has 0 aliphatic heterocycles.